The van der Waals surface area contributed by atoms with Gasteiger partial charge in [0.2, 0.25) is 0 Å². The van der Waals surface area contributed by atoms with Crippen LogP contribution in [0.25, 0.3) is 27.9 Å². The number of pyridine rings is 2. The van der Waals surface area contributed by atoms with Crippen molar-refractivity contribution >= 4 is 17.5 Å². The molecule has 0 aliphatic heterocycles. The summed E-state index contributed by atoms with van der Waals surface area (Å²) < 4.78 is 59.9. The fourth-order valence-corrected chi connectivity index (χ4v) is 4.94. The number of hydrogen-bond acceptors (Lipinski definition) is 7. The summed E-state index contributed by atoms with van der Waals surface area (Å²) in [5.74, 6) is -0.962. The molecule has 0 unspecified atom stereocenters. The van der Waals surface area contributed by atoms with Crippen LogP contribution in [0.2, 0.25) is 5.02 Å². The van der Waals surface area contributed by atoms with Crippen LogP contribution in [-0.2, 0) is 12.7 Å². The van der Waals surface area contributed by atoms with Crippen LogP contribution in [-0.4, -0.2) is 70.0 Å². The van der Waals surface area contributed by atoms with E-state index < -0.39 is 23.7 Å². The van der Waals surface area contributed by atoms with Crippen LogP contribution in [0.4, 0.5) is 17.6 Å². The normalized spacial score (nSPS) is 12.3. The molecule has 0 bridgehead atoms. The van der Waals surface area contributed by atoms with Crippen LogP contribution in [0.5, 0.6) is 0 Å². The van der Waals surface area contributed by atoms with Crippen LogP contribution in [0.15, 0.2) is 79.8 Å². The Labute approximate surface area is 262 Å². The molecule has 0 aliphatic rings. The van der Waals surface area contributed by atoms with Crippen LogP contribution < -0.4 is 4.68 Å². The minimum atomic E-state index is -4.61. The van der Waals surface area contributed by atoms with Gasteiger partial charge in [-0.05, 0) is 42.0 Å². The SMILES string of the molecule is CN(C)C(=O)c1ccn(C[C@H](c2ccc(-c3c(-[n+]4cnn[nH]4)ccc(Cl)c3F)cn2)n2cc(-c3ccnc(C(F)(F)F)c3)cn2)n1. The maximum atomic E-state index is 15.4. The zero-order chi connectivity index (χ0) is 32.6. The molecule has 46 heavy (non-hydrogen) atoms. The first-order valence-electron chi connectivity index (χ1n) is 13.5. The number of nitrogens with zero attached hydrogens (tertiary/aromatic N) is 10. The number of hydrogen-bond donors (Lipinski definition) is 1. The number of aromatic nitrogens is 10. The summed E-state index contributed by atoms with van der Waals surface area (Å²) in [4.78, 5) is 21.9. The number of halogens is 5. The second-order valence-corrected chi connectivity index (χ2v) is 10.7. The fourth-order valence-electron chi connectivity index (χ4n) is 4.78. The Hall–Kier alpha value is -5.51. The lowest BCUT2D eigenvalue weighted by molar-refractivity contribution is -0.659. The Kier molecular flexibility index (Phi) is 8.04. The summed E-state index contributed by atoms with van der Waals surface area (Å²) in [6, 6.07) is 9.67. The third kappa shape index (κ3) is 6.06. The molecule has 234 valence electrons. The highest BCUT2D eigenvalue weighted by atomic mass is 35.5. The molecule has 0 spiro atoms. The average Bonchev–Trinajstić information content (AvgIpc) is 3.83. The molecule has 6 aromatic rings. The zero-order valence-corrected chi connectivity index (χ0v) is 24.8. The van der Waals surface area contributed by atoms with E-state index in [-0.39, 0.29) is 34.3 Å². The summed E-state index contributed by atoms with van der Waals surface area (Å²) in [6.07, 6.45) is 3.96. The van der Waals surface area contributed by atoms with Gasteiger partial charge in [0.1, 0.15) is 28.2 Å². The molecule has 0 fully saturated rings. The van der Waals surface area contributed by atoms with Gasteiger partial charge in [-0.2, -0.15) is 23.4 Å². The molecule has 12 nitrogen and oxygen atoms in total. The molecule has 5 heterocycles. The number of carbonyl (C=O) groups is 1. The Morgan fingerprint density at radius 2 is 1.89 bits per heavy atom. The van der Waals surface area contributed by atoms with Crippen molar-refractivity contribution in [3.63, 3.8) is 0 Å². The van der Waals surface area contributed by atoms with Gasteiger partial charge in [0.05, 0.1) is 29.0 Å². The number of amides is 1. The summed E-state index contributed by atoms with van der Waals surface area (Å²) in [6.45, 7) is 0.144. The van der Waals surface area contributed by atoms with Crippen LogP contribution in [0.3, 0.4) is 0 Å². The lowest BCUT2D eigenvalue weighted by Gasteiger charge is -2.18. The topological polar surface area (TPSA) is 127 Å². The number of rotatable bonds is 8. The van der Waals surface area contributed by atoms with Gasteiger partial charge in [-0.15, -0.1) is 4.68 Å². The first-order valence-corrected chi connectivity index (χ1v) is 13.9. The molecular formula is C29H23ClF4N11O+. The van der Waals surface area contributed by atoms with Crippen molar-refractivity contribution < 1.29 is 27.0 Å². The summed E-state index contributed by atoms with van der Waals surface area (Å²) >= 11 is 6.12. The van der Waals surface area contributed by atoms with Gasteiger partial charge in [0.15, 0.2) is 11.0 Å². The van der Waals surface area contributed by atoms with Crippen LogP contribution >= 0.6 is 11.6 Å². The van der Waals surface area contributed by atoms with Gasteiger partial charge in [-0.25, -0.2) is 4.39 Å². The summed E-state index contributed by atoms with van der Waals surface area (Å²) in [5.41, 5.74) is 1.28. The largest absolute Gasteiger partial charge is 0.433 e. The van der Waals surface area contributed by atoms with Crippen molar-refractivity contribution in [3.05, 3.63) is 108 Å². The predicted molar refractivity (Wildman–Crippen MR) is 155 cm³/mol. The molecule has 6 rings (SSSR count). The Morgan fingerprint density at radius 1 is 1.07 bits per heavy atom. The zero-order valence-electron chi connectivity index (χ0n) is 24.1. The van der Waals surface area contributed by atoms with Gasteiger partial charge < -0.3 is 4.90 Å². The highest BCUT2D eigenvalue weighted by Gasteiger charge is 2.32. The second-order valence-electron chi connectivity index (χ2n) is 10.3. The second kappa shape index (κ2) is 12.1. The maximum Gasteiger partial charge on any atom is 0.433 e. The van der Waals surface area contributed by atoms with E-state index in [0.717, 1.165) is 12.3 Å². The molecule has 0 aliphatic carbocycles. The third-order valence-corrected chi connectivity index (χ3v) is 7.35. The van der Waals surface area contributed by atoms with E-state index in [9.17, 15) is 18.0 Å². The molecule has 17 heteroatoms. The monoisotopic (exact) mass is 652 g/mol. The van der Waals surface area contributed by atoms with Crippen LogP contribution in [0.1, 0.15) is 27.9 Å². The first-order chi connectivity index (χ1) is 22.0. The number of aromatic amines is 1. The van der Waals surface area contributed by atoms with Gasteiger partial charge in [0.25, 0.3) is 12.2 Å². The average molecular weight is 653 g/mol. The predicted octanol–water partition coefficient (Wildman–Crippen LogP) is 4.40. The molecule has 0 saturated carbocycles. The standard InChI is InChI=1S/C29H22ClF4N11O/c1-42(2)28(46)22-8-10-43(39-22)15-24(44-14-19(13-38-44)17-7-9-35-25(11-17)29(32,33)34)21-5-3-18(12-36-21)26-23(45-16-37-40-41-45)6-4-20(30)27(26)31/h3-14,16,24H,15H2,1-2H3/p+1/t24-/m1/s1. The number of nitrogens with one attached hydrogen (secondary N) is 1. The van der Waals surface area contributed by atoms with Crippen molar-refractivity contribution in [3.8, 4) is 27.9 Å². The van der Waals surface area contributed by atoms with Crippen molar-refractivity contribution in [2.24, 2.45) is 0 Å². The highest BCUT2D eigenvalue weighted by molar-refractivity contribution is 6.31. The van der Waals surface area contributed by atoms with Gasteiger partial charge >= 0.3 is 6.18 Å². The van der Waals surface area contributed by atoms with Gasteiger partial charge in [0, 0.05) is 50.0 Å². The minimum absolute atomic E-state index is 0.0931. The van der Waals surface area contributed by atoms with E-state index in [1.165, 1.54) is 45.1 Å². The van der Waals surface area contributed by atoms with E-state index in [2.05, 4.69) is 35.7 Å². The smallest absolute Gasteiger partial charge is 0.343 e. The molecule has 0 radical (unpaired) electrons. The highest BCUT2D eigenvalue weighted by Crippen LogP contribution is 2.33. The number of tetrazole rings is 1. The Morgan fingerprint density at radius 3 is 2.59 bits per heavy atom. The lowest BCUT2D eigenvalue weighted by atomic mass is 10.0. The van der Waals surface area contributed by atoms with Crippen molar-refractivity contribution in [1.29, 1.82) is 0 Å². The summed E-state index contributed by atoms with van der Waals surface area (Å²) in [5, 5.41) is 18.8. The Balaban J connectivity index is 1.39. The molecule has 0 saturated heterocycles. The Bertz CT molecular complexity index is 2000. The van der Waals surface area contributed by atoms with Crippen LogP contribution in [0, 0.1) is 5.82 Å². The fraction of sp³-hybridized carbons (Fsp3) is 0.172. The third-order valence-electron chi connectivity index (χ3n) is 7.06. The number of alkyl halides is 3. The van der Waals surface area contributed by atoms with E-state index in [4.69, 9.17) is 11.6 Å². The van der Waals surface area contributed by atoms with Crippen molar-refractivity contribution in [1.82, 2.24) is 50.0 Å². The van der Waals surface area contributed by atoms with E-state index >= 15 is 4.39 Å². The maximum absolute atomic E-state index is 15.4. The van der Waals surface area contributed by atoms with E-state index in [1.807, 2.05) is 0 Å². The molecule has 1 amide bonds. The number of benzene rings is 1. The molecular weight excluding hydrogens is 630 g/mol. The van der Waals surface area contributed by atoms with Crippen molar-refractivity contribution in [2.45, 2.75) is 18.8 Å². The van der Waals surface area contributed by atoms with E-state index in [0.29, 0.717) is 22.5 Å². The van der Waals surface area contributed by atoms with Gasteiger partial charge in [-0.1, -0.05) is 22.9 Å². The molecule has 1 atom stereocenters. The first kappa shape index (κ1) is 30.5. The molecule has 1 N–H and O–H groups in total. The quantitative estimate of drug-likeness (QED) is 0.191. The van der Waals surface area contributed by atoms with Crippen molar-refractivity contribution in [2.75, 3.05) is 14.1 Å². The summed E-state index contributed by atoms with van der Waals surface area (Å²) in [7, 11) is 3.22. The van der Waals surface area contributed by atoms with E-state index in [1.54, 1.807) is 55.4 Å². The number of H-pyrrole nitrogens is 1. The molecule has 5 aromatic heterocycles. The van der Waals surface area contributed by atoms with Gasteiger partial charge in [-0.3, -0.25) is 24.1 Å². The minimum Gasteiger partial charge on any atom is -0.343 e. The molecule has 1 aromatic carbocycles. The lowest BCUT2D eigenvalue weighted by Crippen LogP contribution is -2.33. The number of carbonyl (C=O) groups excluding carboxylic acids is 1.